The maximum absolute atomic E-state index is 11.6. The first-order valence-electron chi connectivity index (χ1n) is 8.88. The van der Waals surface area contributed by atoms with E-state index in [4.69, 9.17) is 0 Å². The van der Waals surface area contributed by atoms with Gasteiger partial charge in [0.25, 0.3) is 0 Å². The molecule has 2 nitrogen and oxygen atoms in total. The summed E-state index contributed by atoms with van der Waals surface area (Å²) < 4.78 is 0. The lowest BCUT2D eigenvalue weighted by atomic mass is 9.63. The van der Waals surface area contributed by atoms with Crippen molar-refractivity contribution in [2.24, 2.45) is 29.6 Å². The molecule has 0 amide bonds. The third-order valence-corrected chi connectivity index (χ3v) is 6.03. The Bertz CT molecular complexity index is 313. The second-order valence-electron chi connectivity index (χ2n) is 7.28. The van der Waals surface area contributed by atoms with Gasteiger partial charge in [-0.25, -0.2) is 0 Å². The van der Waals surface area contributed by atoms with Crippen molar-refractivity contribution in [3.05, 3.63) is 0 Å². The van der Waals surface area contributed by atoms with E-state index in [9.17, 15) is 9.90 Å². The topological polar surface area (TPSA) is 37.3 Å². The van der Waals surface area contributed by atoms with Crippen LogP contribution >= 0.6 is 0 Å². The van der Waals surface area contributed by atoms with Gasteiger partial charge in [-0.1, -0.05) is 52.4 Å². The van der Waals surface area contributed by atoms with Gasteiger partial charge in [-0.15, -0.1) is 0 Å². The Morgan fingerprint density at radius 2 is 1.85 bits per heavy atom. The van der Waals surface area contributed by atoms with Crippen LogP contribution in [0.25, 0.3) is 0 Å². The first-order valence-corrected chi connectivity index (χ1v) is 8.88. The number of hydrogen-bond acceptors (Lipinski definition) is 1. The minimum absolute atomic E-state index is 0.0521. The molecule has 0 heterocycles. The Kier molecular flexibility index (Phi) is 5.92. The van der Waals surface area contributed by atoms with Gasteiger partial charge in [-0.2, -0.15) is 0 Å². The highest BCUT2D eigenvalue weighted by Crippen LogP contribution is 2.46. The van der Waals surface area contributed by atoms with E-state index in [0.717, 1.165) is 24.7 Å². The molecule has 0 aliphatic heterocycles. The van der Waals surface area contributed by atoms with Gasteiger partial charge in [-0.05, 0) is 49.4 Å². The second kappa shape index (κ2) is 7.47. The highest BCUT2D eigenvalue weighted by Gasteiger charge is 2.40. The molecular weight excluding hydrogens is 248 g/mol. The van der Waals surface area contributed by atoms with E-state index in [1.165, 1.54) is 51.4 Å². The summed E-state index contributed by atoms with van der Waals surface area (Å²) >= 11 is 0. The van der Waals surface area contributed by atoms with Gasteiger partial charge in [-0.3, -0.25) is 4.79 Å². The third kappa shape index (κ3) is 3.77. The Morgan fingerprint density at radius 3 is 2.50 bits per heavy atom. The minimum atomic E-state index is -0.524. The molecule has 1 N–H and O–H groups in total. The molecule has 2 fully saturated rings. The molecule has 20 heavy (non-hydrogen) atoms. The van der Waals surface area contributed by atoms with Gasteiger partial charge in [0.2, 0.25) is 0 Å². The average Bonchev–Trinajstić information content (AvgIpc) is 2.47. The fraction of sp³-hybridized carbons (Fsp3) is 0.944. The van der Waals surface area contributed by atoms with Gasteiger partial charge in [0.15, 0.2) is 0 Å². The Hall–Kier alpha value is -0.530. The Labute approximate surface area is 124 Å². The summed E-state index contributed by atoms with van der Waals surface area (Å²) in [4.78, 5) is 11.6. The summed E-state index contributed by atoms with van der Waals surface area (Å²) in [5.74, 6) is 2.23. The maximum Gasteiger partial charge on any atom is 0.306 e. The van der Waals surface area contributed by atoms with Gasteiger partial charge in [0.05, 0.1) is 5.92 Å². The van der Waals surface area contributed by atoms with Crippen molar-refractivity contribution >= 4 is 5.97 Å². The van der Waals surface area contributed by atoms with Crippen molar-refractivity contribution in [1.82, 2.24) is 0 Å². The van der Waals surface area contributed by atoms with Crippen molar-refractivity contribution in [3.63, 3.8) is 0 Å². The highest BCUT2D eigenvalue weighted by atomic mass is 16.4. The summed E-state index contributed by atoms with van der Waals surface area (Å²) in [6.45, 7) is 4.55. The van der Waals surface area contributed by atoms with Gasteiger partial charge in [0, 0.05) is 0 Å². The molecule has 2 saturated carbocycles. The molecule has 5 atom stereocenters. The van der Waals surface area contributed by atoms with E-state index in [2.05, 4.69) is 13.8 Å². The zero-order valence-corrected chi connectivity index (χ0v) is 13.3. The second-order valence-corrected chi connectivity index (χ2v) is 7.28. The van der Waals surface area contributed by atoms with Crippen LogP contribution in [-0.2, 0) is 4.79 Å². The fourth-order valence-electron chi connectivity index (χ4n) is 4.89. The number of aliphatic carboxylic acids is 1. The number of hydrogen-bond donors (Lipinski definition) is 1. The predicted octanol–water partition coefficient (Wildman–Crippen LogP) is 5.12. The monoisotopic (exact) mass is 280 g/mol. The number of carboxylic acids is 1. The zero-order chi connectivity index (χ0) is 14.5. The van der Waals surface area contributed by atoms with Crippen molar-refractivity contribution in [2.45, 2.75) is 78.1 Å². The van der Waals surface area contributed by atoms with Crippen molar-refractivity contribution < 1.29 is 9.90 Å². The van der Waals surface area contributed by atoms with Crippen LogP contribution in [0, 0.1) is 29.6 Å². The number of rotatable bonds is 5. The van der Waals surface area contributed by atoms with Gasteiger partial charge in [0.1, 0.15) is 0 Å². The van der Waals surface area contributed by atoms with Crippen LogP contribution in [0.5, 0.6) is 0 Å². The average molecular weight is 280 g/mol. The Balaban J connectivity index is 2.04. The van der Waals surface area contributed by atoms with E-state index in [0.29, 0.717) is 11.8 Å². The SMILES string of the molecule is CCCC1CCC(C(=O)O)C(C2CCCC(CC)C2)C1. The molecule has 2 heteroatoms. The lowest BCUT2D eigenvalue weighted by Gasteiger charge is -2.42. The van der Waals surface area contributed by atoms with Gasteiger partial charge >= 0.3 is 5.97 Å². The number of carboxylic acid groups (broad SMARTS) is 1. The van der Waals surface area contributed by atoms with Crippen molar-refractivity contribution in [3.8, 4) is 0 Å². The van der Waals surface area contributed by atoms with Crippen LogP contribution < -0.4 is 0 Å². The molecular formula is C18H32O2. The molecule has 0 aromatic carbocycles. The molecule has 2 aliphatic carbocycles. The molecule has 0 spiro atoms. The largest absolute Gasteiger partial charge is 0.481 e. The smallest absolute Gasteiger partial charge is 0.306 e. The van der Waals surface area contributed by atoms with Crippen LogP contribution in [-0.4, -0.2) is 11.1 Å². The van der Waals surface area contributed by atoms with Crippen LogP contribution in [0.3, 0.4) is 0 Å². The summed E-state index contributed by atoms with van der Waals surface area (Å²) in [5, 5.41) is 9.58. The van der Waals surface area contributed by atoms with Gasteiger partial charge < -0.3 is 5.11 Å². The summed E-state index contributed by atoms with van der Waals surface area (Å²) in [5.41, 5.74) is 0. The molecule has 116 valence electrons. The van der Waals surface area contributed by atoms with Crippen LogP contribution in [0.1, 0.15) is 78.1 Å². The van der Waals surface area contributed by atoms with Crippen LogP contribution in [0.2, 0.25) is 0 Å². The van der Waals surface area contributed by atoms with E-state index >= 15 is 0 Å². The molecule has 0 saturated heterocycles. The lowest BCUT2D eigenvalue weighted by Crippen LogP contribution is -2.37. The normalized spacial score (nSPS) is 38.6. The summed E-state index contributed by atoms with van der Waals surface area (Å²) in [6.07, 6.45) is 12.4. The van der Waals surface area contributed by atoms with Crippen molar-refractivity contribution in [2.75, 3.05) is 0 Å². The van der Waals surface area contributed by atoms with E-state index < -0.39 is 5.97 Å². The van der Waals surface area contributed by atoms with E-state index in [-0.39, 0.29) is 5.92 Å². The lowest BCUT2D eigenvalue weighted by molar-refractivity contribution is -0.147. The fourth-order valence-corrected chi connectivity index (χ4v) is 4.89. The standard InChI is InChI=1S/C18H32O2/c1-3-6-14-9-10-16(18(19)20)17(12-14)15-8-5-7-13(4-2)11-15/h13-17H,3-12H2,1-2H3,(H,19,20). The summed E-state index contributed by atoms with van der Waals surface area (Å²) in [6, 6.07) is 0. The third-order valence-electron chi connectivity index (χ3n) is 6.03. The molecule has 0 aromatic rings. The van der Waals surface area contributed by atoms with E-state index in [1.54, 1.807) is 0 Å². The summed E-state index contributed by atoms with van der Waals surface area (Å²) in [7, 11) is 0. The molecule has 2 rings (SSSR count). The molecule has 5 unspecified atom stereocenters. The van der Waals surface area contributed by atoms with Crippen molar-refractivity contribution in [1.29, 1.82) is 0 Å². The maximum atomic E-state index is 11.6. The minimum Gasteiger partial charge on any atom is -0.481 e. The first kappa shape index (κ1) is 15.9. The number of carbonyl (C=O) groups is 1. The van der Waals surface area contributed by atoms with Crippen LogP contribution in [0.4, 0.5) is 0 Å². The quantitative estimate of drug-likeness (QED) is 0.759. The predicted molar refractivity (Wildman–Crippen MR) is 82.6 cm³/mol. The first-order chi connectivity index (χ1) is 9.65. The molecule has 0 bridgehead atoms. The van der Waals surface area contributed by atoms with Crippen LogP contribution in [0.15, 0.2) is 0 Å². The molecule has 2 aliphatic rings. The zero-order valence-electron chi connectivity index (χ0n) is 13.3. The molecule has 0 aromatic heterocycles. The highest BCUT2D eigenvalue weighted by molar-refractivity contribution is 5.70. The Morgan fingerprint density at radius 1 is 1.05 bits per heavy atom. The van der Waals surface area contributed by atoms with E-state index in [1.807, 2.05) is 0 Å². The molecule has 0 radical (unpaired) electrons.